The first kappa shape index (κ1) is 22.9. The third-order valence-electron chi connectivity index (χ3n) is 6.35. The Morgan fingerprint density at radius 1 is 1.11 bits per heavy atom. The van der Waals surface area contributed by atoms with E-state index in [1.165, 1.54) is 5.56 Å². The summed E-state index contributed by atoms with van der Waals surface area (Å²) < 4.78 is 5.59. The summed E-state index contributed by atoms with van der Waals surface area (Å²) in [6.07, 6.45) is 2.80. The van der Waals surface area contributed by atoms with Crippen molar-refractivity contribution < 1.29 is 14.6 Å². The van der Waals surface area contributed by atoms with Crippen LogP contribution in [0.4, 0.5) is 0 Å². The molecule has 0 spiro atoms. The number of piperidine rings is 1. The number of carbonyl (C=O) groups is 1. The number of esters is 1. The van der Waals surface area contributed by atoms with Crippen LogP contribution in [0.1, 0.15) is 73.3 Å². The van der Waals surface area contributed by atoms with Gasteiger partial charge in [-0.25, -0.2) is 0 Å². The van der Waals surface area contributed by atoms with E-state index in [9.17, 15) is 9.90 Å². The van der Waals surface area contributed by atoms with E-state index in [-0.39, 0.29) is 17.0 Å². The molecule has 1 saturated heterocycles. The lowest BCUT2D eigenvalue weighted by molar-refractivity contribution is -0.161. The molecular weight excluding hydrogens is 350 g/mol. The summed E-state index contributed by atoms with van der Waals surface area (Å²) >= 11 is 0. The maximum absolute atomic E-state index is 12.3. The van der Waals surface area contributed by atoms with Crippen LogP contribution in [-0.2, 0) is 16.0 Å². The molecule has 1 fully saturated rings. The molecule has 1 aliphatic heterocycles. The van der Waals surface area contributed by atoms with Crippen molar-refractivity contribution in [3.05, 3.63) is 35.9 Å². The van der Waals surface area contributed by atoms with Crippen LogP contribution in [-0.4, -0.2) is 45.8 Å². The van der Waals surface area contributed by atoms with Gasteiger partial charge in [0.25, 0.3) is 0 Å². The zero-order valence-electron chi connectivity index (χ0n) is 18.8. The first-order valence-electron chi connectivity index (χ1n) is 10.5. The van der Waals surface area contributed by atoms with Gasteiger partial charge in [-0.2, -0.15) is 0 Å². The predicted molar refractivity (Wildman–Crippen MR) is 114 cm³/mol. The lowest BCUT2D eigenvalue weighted by Gasteiger charge is -2.58. The van der Waals surface area contributed by atoms with E-state index >= 15 is 0 Å². The second-order valence-electron chi connectivity index (χ2n) is 10.4. The van der Waals surface area contributed by atoms with Gasteiger partial charge in [-0.15, -0.1) is 0 Å². The fourth-order valence-corrected chi connectivity index (χ4v) is 4.96. The van der Waals surface area contributed by atoms with Gasteiger partial charge in [-0.3, -0.25) is 9.69 Å². The molecule has 0 unspecified atom stereocenters. The van der Waals surface area contributed by atoms with Crippen molar-refractivity contribution in [1.29, 1.82) is 0 Å². The molecule has 0 bridgehead atoms. The average molecular weight is 390 g/mol. The highest BCUT2D eigenvalue weighted by Gasteiger charge is 2.51. The number of rotatable bonds is 7. The van der Waals surface area contributed by atoms with Gasteiger partial charge < -0.3 is 9.84 Å². The van der Waals surface area contributed by atoms with E-state index in [2.05, 4.69) is 44.7 Å². The second-order valence-corrected chi connectivity index (χ2v) is 10.4. The summed E-state index contributed by atoms with van der Waals surface area (Å²) in [4.78, 5) is 14.7. The molecule has 1 aromatic rings. The van der Waals surface area contributed by atoms with Crippen molar-refractivity contribution in [3.8, 4) is 0 Å². The normalized spacial score (nSPS) is 21.3. The van der Waals surface area contributed by atoms with Gasteiger partial charge in [-0.05, 0) is 66.4 Å². The lowest BCUT2D eigenvalue weighted by Crippen LogP contribution is -2.66. The number of hydrogen-bond donors (Lipinski definition) is 1. The molecule has 4 heteroatoms. The van der Waals surface area contributed by atoms with Crippen molar-refractivity contribution in [2.24, 2.45) is 5.41 Å². The van der Waals surface area contributed by atoms with Crippen LogP contribution in [0.2, 0.25) is 0 Å². The molecule has 1 heterocycles. The molecule has 0 amide bonds. The van der Waals surface area contributed by atoms with Gasteiger partial charge in [0.15, 0.2) is 0 Å². The summed E-state index contributed by atoms with van der Waals surface area (Å²) in [6, 6.07) is 10.2. The Hall–Kier alpha value is -1.39. The van der Waals surface area contributed by atoms with Gasteiger partial charge in [0.1, 0.15) is 6.61 Å². The highest BCUT2D eigenvalue weighted by Crippen LogP contribution is 2.44. The topological polar surface area (TPSA) is 49.8 Å². The number of likely N-dealkylation sites (tertiary alicyclic amines) is 1. The largest absolute Gasteiger partial charge is 0.464 e. The highest BCUT2D eigenvalue weighted by molar-refractivity contribution is 5.75. The Labute approximate surface area is 171 Å². The Morgan fingerprint density at radius 2 is 1.64 bits per heavy atom. The number of hydrogen-bond acceptors (Lipinski definition) is 4. The fraction of sp³-hybridized carbons (Fsp3) is 0.708. The van der Waals surface area contributed by atoms with E-state index < -0.39 is 11.0 Å². The fourth-order valence-electron chi connectivity index (χ4n) is 4.96. The molecule has 158 valence electrons. The van der Waals surface area contributed by atoms with E-state index in [4.69, 9.17) is 4.74 Å². The third kappa shape index (κ3) is 5.36. The number of ether oxygens (including phenoxy) is 1. The average Bonchev–Trinajstić information content (AvgIpc) is 2.56. The van der Waals surface area contributed by atoms with E-state index in [0.29, 0.717) is 32.4 Å². The quantitative estimate of drug-likeness (QED) is 0.693. The molecule has 0 atom stereocenters. The van der Waals surface area contributed by atoms with Gasteiger partial charge in [0.2, 0.25) is 0 Å². The van der Waals surface area contributed by atoms with Gasteiger partial charge in [0.05, 0.1) is 11.0 Å². The first-order chi connectivity index (χ1) is 12.8. The Balaban J connectivity index is 2.07. The first-order valence-corrected chi connectivity index (χ1v) is 10.5. The molecular formula is C24H39NO3. The Bertz CT molecular complexity index is 646. The maximum atomic E-state index is 12.3. The minimum absolute atomic E-state index is 0.136. The van der Waals surface area contributed by atoms with Crippen LogP contribution >= 0.6 is 0 Å². The minimum atomic E-state index is -0.744. The molecule has 1 N–H and O–H groups in total. The van der Waals surface area contributed by atoms with Crippen molar-refractivity contribution in [2.45, 2.75) is 90.8 Å². The van der Waals surface area contributed by atoms with Crippen LogP contribution in [0, 0.1) is 5.41 Å². The molecule has 0 aliphatic carbocycles. The zero-order valence-corrected chi connectivity index (χ0v) is 18.8. The molecule has 0 radical (unpaired) electrons. The maximum Gasteiger partial charge on any atom is 0.311 e. The summed E-state index contributed by atoms with van der Waals surface area (Å²) in [5, 5.41) is 11.5. The Morgan fingerprint density at radius 3 is 2.14 bits per heavy atom. The summed E-state index contributed by atoms with van der Waals surface area (Å²) in [7, 11) is 0. The minimum Gasteiger partial charge on any atom is -0.464 e. The molecule has 1 aliphatic rings. The summed E-state index contributed by atoms with van der Waals surface area (Å²) in [5.74, 6) is -0.136. The monoisotopic (exact) mass is 389 g/mol. The molecule has 1 aromatic carbocycles. The van der Waals surface area contributed by atoms with Gasteiger partial charge in [-0.1, -0.05) is 37.3 Å². The van der Waals surface area contributed by atoms with E-state index in [1.54, 1.807) is 0 Å². The predicted octanol–water partition coefficient (Wildman–Crippen LogP) is 4.59. The number of carbonyl (C=O) groups excluding carboxylic acids is 1. The molecule has 0 aromatic heterocycles. The van der Waals surface area contributed by atoms with Crippen molar-refractivity contribution in [2.75, 3.05) is 13.2 Å². The van der Waals surface area contributed by atoms with Crippen molar-refractivity contribution in [3.63, 3.8) is 0 Å². The van der Waals surface area contributed by atoms with Crippen molar-refractivity contribution in [1.82, 2.24) is 4.90 Å². The zero-order chi connectivity index (χ0) is 21.2. The molecule has 4 nitrogen and oxygen atoms in total. The van der Waals surface area contributed by atoms with E-state index in [1.807, 2.05) is 39.0 Å². The number of nitrogens with zero attached hydrogens (tertiary/aromatic N) is 1. The highest BCUT2D eigenvalue weighted by atomic mass is 16.5. The SMILES string of the molecule is CCC(C)(C)C(=O)OCCN1C(C)(C)CC(O)(Cc2ccccc2)CC1(C)C. The smallest absolute Gasteiger partial charge is 0.311 e. The van der Waals surface area contributed by atoms with Crippen LogP contribution < -0.4 is 0 Å². The second kappa shape index (κ2) is 8.16. The van der Waals surface area contributed by atoms with Crippen LogP contribution in [0.5, 0.6) is 0 Å². The lowest BCUT2D eigenvalue weighted by atomic mass is 9.69. The van der Waals surface area contributed by atoms with Gasteiger partial charge in [0, 0.05) is 24.0 Å². The molecule has 2 rings (SSSR count). The standard InChI is InChI=1S/C24H39NO3/c1-8-21(2,3)20(26)28-15-14-25-22(4,5)17-24(27,18-23(25,6)7)16-19-12-10-9-11-13-19/h9-13,27H,8,14-18H2,1-7H3. The summed E-state index contributed by atoms with van der Waals surface area (Å²) in [5.41, 5.74) is -0.411. The Kier molecular flexibility index (Phi) is 6.67. The molecule has 0 saturated carbocycles. The van der Waals surface area contributed by atoms with Crippen molar-refractivity contribution >= 4 is 5.97 Å². The number of aliphatic hydroxyl groups is 1. The van der Waals surface area contributed by atoms with Crippen LogP contribution in [0.15, 0.2) is 30.3 Å². The van der Waals surface area contributed by atoms with Crippen LogP contribution in [0.25, 0.3) is 0 Å². The third-order valence-corrected chi connectivity index (χ3v) is 6.35. The summed E-state index contributed by atoms with van der Waals surface area (Å²) in [6.45, 7) is 15.6. The van der Waals surface area contributed by atoms with Gasteiger partial charge >= 0.3 is 5.97 Å². The number of benzene rings is 1. The van der Waals surface area contributed by atoms with E-state index in [0.717, 1.165) is 6.42 Å². The van der Waals surface area contributed by atoms with Crippen LogP contribution in [0.3, 0.4) is 0 Å². The molecule has 28 heavy (non-hydrogen) atoms.